The number of para-hydroxylation sites is 1. The van der Waals surface area contributed by atoms with E-state index in [9.17, 15) is 0 Å². The van der Waals surface area contributed by atoms with Gasteiger partial charge in [-0.05, 0) is 19.9 Å². The molecule has 0 saturated heterocycles. The number of hydrogen-bond acceptors (Lipinski definition) is 2. The monoisotopic (exact) mass is 252 g/mol. The standard InChI is InChI=1S/C13H16N2O.ClH/c1-10(15-9-8-14-11(15)2)12-6-4-5-7-13(12)16-3;/h4-10H,1-3H3;1H. The highest BCUT2D eigenvalue weighted by atomic mass is 35.5. The minimum Gasteiger partial charge on any atom is -0.496 e. The number of aryl methyl sites for hydroxylation is 1. The Morgan fingerprint density at radius 2 is 2.00 bits per heavy atom. The lowest BCUT2D eigenvalue weighted by atomic mass is 10.1. The maximum Gasteiger partial charge on any atom is 0.124 e. The van der Waals surface area contributed by atoms with Crippen molar-refractivity contribution in [3.05, 3.63) is 48.0 Å². The lowest BCUT2D eigenvalue weighted by Crippen LogP contribution is -2.08. The van der Waals surface area contributed by atoms with Gasteiger partial charge < -0.3 is 9.30 Å². The van der Waals surface area contributed by atoms with Crippen LogP contribution in [0.15, 0.2) is 36.7 Å². The van der Waals surface area contributed by atoms with Crippen molar-refractivity contribution in [1.29, 1.82) is 0 Å². The molecule has 0 amide bonds. The van der Waals surface area contributed by atoms with Crippen molar-refractivity contribution < 1.29 is 4.74 Å². The molecule has 0 aliphatic carbocycles. The van der Waals surface area contributed by atoms with E-state index >= 15 is 0 Å². The Kier molecular flexibility index (Phi) is 4.58. The van der Waals surface area contributed by atoms with E-state index in [4.69, 9.17) is 4.74 Å². The Hall–Kier alpha value is -1.48. The Bertz CT molecular complexity index is 482. The molecule has 0 N–H and O–H groups in total. The van der Waals surface area contributed by atoms with E-state index in [1.807, 2.05) is 37.5 Å². The quantitative estimate of drug-likeness (QED) is 0.839. The lowest BCUT2D eigenvalue weighted by molar-refractivity contribution is 0.403. The van der Waals surface area contributed by atoms with Crippen LogP contribution in [0.3, 0.4) is 0 Å². The highest BCUT2D eigenvalue weighted by Crippen LogP contribution is 2.27. The molecule has 1 unspecified atom stereocenters. The predicted molar refractivity (Wildman–Crippen MR) is 71.0 cm³/mol. The SMILES string of the molecule is COc1ccccc1C(C)n1ccnc1C.Cl. The Morgan fingerprint density at radius 3 is 2.59 bits per heavy atom. The summed E-state index contributed by atoms with van der Waals surface area (Å²) in [6, 6.07) is 8.32. The van der Waals surface area contributed by atoms with E-state index < -0.39 is 0 Å². The summed E-state index contributed by atoms with van der Waals surface area (Å²) < 4.78 is 7.51. The first kappa shape index (κ1) is 13.6. The summed E-state index contributed by atoms with van der Waals surface area (Å²) in [4.78, 5) is 4.24. The second-order valence-corrected chi connectivity index (χ2v) is 3.80. The summed E-state index contributed by atoms with van der Waals surface area (Å²) in [5.74, 6) is 1.93. The second kappa shape index (κ2) is 5.73. The summed E-state index contributed by atoms with van der Waals surface area (Å²) in [5, 5.41) is 0. The fourth-order valence-electron chi connectivity index (χ4n) is 1.96. The van der Waals surface area contributed by atoms with Crippen LogP contribution in [0.25, 0.3) is 0 Å². The van der Waals surface area contributed by atoms with Gasteiger partial charge in [0, 0.05) is 18.0 Å². The molecule has 2 rings (SSSR count). The Labute approximate surface area is 108 Å². The van der Waals surface area contributed by atoms with Crippen LogP contribution in [-0.2, 0) is 0 Å². The number of halogens is 1. The number of aromatic nitrogens is 2. The smallest absolute Gasteiger partial charge is 0.124 e. The largest absolute Gasteiger partial charge is 0.496 e. The van der Waals surface area contributed by atoms with E-state index in [1.165, 1.54) is 5.56 Å². The summed E-state index contributed by atoms with van der Waals surface area (Å²) in [6.45, 7) is 4.15. The number of imidazole rings is 1. The first-order valence-corrected chi connectivity index (χ1v) is 5.36. The van der Waals surface area contributed by atoms with Crippen LogP contribution in [-0.4, -0.2) is 16.7 Å². The molecule has 0 bridgehead atoms. The topological polar surface area (TPSA) is 27.1 Å². The third-order valence-electron chi connectivity index (χ3n) is 2.87. The van der Waals surface area contributed by atoms with Crippen LogP contribution >= 0.6 is 12.4 Å². The van der Waals surface area contributed by atoms with Gasteiger partial charge in [-0.1, -0.05) is 18.2 Å². The molecule has 4 heteroatoms. The van der Waals surface area contributed by atoms with Crippen molar-refractivity contribution in [1.82, 2.24) is 9.55 Å². The van der Waals surface area contributed by atoms with Gasteiger partial charge in [0.05, 0.1) is 13.2 Å². The zero-order valence-corrected chi connectivity index (χ0v) is 11.1. The fraction of sp³-hybridized carbons (Fsp3) is 0.308. The van der Waals surface area contributed by atoms with E-state index in [2.05, 4.69) is 22.5 Å². The first-order chi connectivity index (χ1) is 7.74. The van der Waals surface area contributed by atoms with Crippen LogP contribution in [0.2, 0.25) is 0 Å². The van der Waals surface area contributed by atoms with Gasteiger partial charge in [-0.15, -0.1) is 12.4 Å². The van der Waals surface area contributed by atoms with Crippen molar-refractivity contribution in [3.63, 3.8) is 0 Å². The zero-order chi connectivity index (χ0) is 11.5. The molecule has 0 fully saturated rings. The van der Waals surface area contributed by atoms with E-state index in [-0.39, 0.29) is 18.4 Å². The highest BCUT2D eigenvalue weighted by Gasteiger charge is 2.13. The van der Waals surface area contributed by atoms with Gasteiger partial charge in [0.1, 0.15) is 11.6 Å². The summed E-state index contributed by atoms with van der Waals surface area (Å²) >= 11 is 0. The molecule has 92 valence electrons. The van der Waals surface area contributed by atoms with Crippen LogP contribution in [0.4, 0.5) is 0 Å². The lowest BCUT2D eigenvalue weighted by Gasteiger charge is -2.18. The molecule has 2 aromatic rings. The molecule has 0 aliphatic rings. The summed E-state index contributed by atoms with van der Waals surface area (Å²) in [5.41, 5.74) is 1.17. The van der Waals surface area contributed by atoms with Crippen molar-refractivity contribution in [3.8, 4) is 5.75 Å². The maximum atomic E-state index is 5.37. The molecule has 0 radical (unpaired) electrons. The molecule has 1 aromatic heterocycles. The maximum absolute atomic E-state index is 5.37. The number of ether oxygens (including phenoxy) is 1. The summed E-state index contributed by atoms with van der Waals surface area (Å²) in [7, 11) is 1.70. The number of nitrogens with zero attached hydrogens (tertiary/aromatic N) is 2. The molecule has 1 heterocycles. The number of benzene rings is 1. The van der Waals surface area contributed by atoms with Crippen molar-refractivity contribution in [2.75, 3.05) is 7.11 Å². The van der Waals surface area contributed by atoms with Crippen LogP contribution in [0.1, 0.15) is 24.4 Å². The minimum absolute atomic E-state index is 0. The number of hydrogen-bond donors (Lipinski definition) is 0. The molecule has 1 atom stereocenters. The number of rotatable bonds is 3. The van der Waals surface area contributed by atoms with Gasteiger partial charge in [0.25, 0.3) is 0 Å². The minimum atomic E-state index is 0. The van der Waals surface area contributed by atoms with Crippen LogP contribution < -0.4 is 4.74 Å². The van der Waals surface area contributed by atoms with Crippen LogP contribution in [0.5, 0.6) is 5.75 Å². The molecule has 0 saturated carbocycles. The third-order valence-corrected chi connectivity index (χ3v) is 2.87. The van der Waals surface area contributed by atoms with Crippen LogP contribution in [0, 0.1) is 6.92 Å². The van der Waals surface area contributed by atoms with E-state index in [0.717, 1.165) is 11.6 Å². The highest BCUT2D eigenvalue weighted by molar-refractivity contribution is 5.85. The summed E-state index contributed by atoms with van der Waals surface area (Å²) in [6.07, 6.45) is 3.81. The van der Waals surface area contributed by atoms with Gasteiger partial charge in [-0.2, -0.15) is 0 Å². The normalized spacial score (nSPS) is 11.7. The fourth-order valence-corrected chi connectivity index (χ4v) is 1.96. The second-order valence-electron chi connectivity index (χ2n) is 3.80. The Morgan fingerprint density at radius 1 is 1.29 bits per heavy atom. The van der Waals surface area contributed by atoms with Gasteiger partial charge in [0.15, 0.2) is 0 Å². The van der Waals surface area contributed by atoms with E-state index in [0.29, 0.717) is 0 Å². The molecule has 1 aromatic carbocycles. The van der Waals surface area contributed by atoms with E-state index in [1.54, 1.807) is 7.11 Å². The molecular formula is C13H17ClN2O. The predicted octanol–water partition coefficient (Wildman–Crippen LogP) is 3.23. The average Bonchev–Trinajstić information content (AvgIpc) is 2.74. The van der Waals surface area contributed by atoms with Gasteiger partial charge in [-0.3, -0.25) is 0 Å². The zero-order valence-electron chi connectivity index (χ0n) is 10.3. The van der Waals surface area contributed by atoms with Gasteiger partial charge in [0.2, 0.25) is 0 Å². The average molecular weight is 253 g/mol. The molecule has 3 nitrogen and oxygen atoms in total. The van der Waals surface area contributed by atoms with Crippen molar-refractivity contribution in [2.24, 2.45) is 0 Å². The molecule has 0 aliphatic heterocycles. The van der Waals surface area contributed by atoms with Crippen molar-refractivity contribution in [2.45, 2.75) is 19.9 Å². The first-order valence-electron chi connectivity index (χ1n) is 5.36. The third kappa shape index (κ3) is 2.61. The Balaban J connectivity index is 0.00000144. The van der Waals surface area contributed by atoms with Crippen molar-refractivity contribution >= 4 is 12.4 Å². The molecule has 17 heavy (non-hydrogen) atoms. The molecular weight excluding hydrogens is 236 g/mol. The molecule has 0 spiro atoms. The number of methoxy groups -OCH3 is 1. The van der Waals surface area contributed by atoms with Gasteiger partial charge in [-0.25, -0.2) is 4.98 Å². The van der Waals surface area contributed by atoms with Gasteiger partial charge >= 0.3 is 0 Å².